The van der Waals surface area contributed by atoms with Gasteiger partial charge in [0.15, 0.2) is 0 Å². The third kappa shape index (κ3) is 6.05. The van der Waals surface area contributed by atoms with Crippen molar-refractivity contribution < 1.29 is 0 Å². The molecule has 5 heteroatoms. The molecule has 5 heterocycles. The van der Waals surface area contributed by atoms with E-state index < -0.39 is 0 Å². The Morgan fingerprint density at radius 3 is 0.584 bits per heavy atom. The molecular weight excluding hydrogens is 935 g/mol. The molecule has 0 atom stereocenters. The predicted octanol–water partition coefficient (Wildman–Crippen LogP) is 18.8. The van der Waals surface area contributed by atoms with E-state index in [-0.39, 0.29) is 0 Å². The lowest BCUT2D eigenvalue weighted by Gasteiger charge is -2.17. The van der Waals surface area contributed by atoms with Crippen molar-refractivity contribution in [3.63, 3.8) is 0 Å². The van der Waals surface area contributed by atoms with E-state index in [1.165, 1.54) is 98.0 Å². The topological polar surface area (TPSA) is 24.6 Å². The lowest BCUT2D eigenvalue weighted by atomic mass is 10.0. The van der Waals surface area contributed by atoms with Gasteiger partial charge in [-0.2, -0.15) is 0 Å². The number of aromatic nitrogens is 5. The van der Waals surface area contributed by atoms with Gasteiger partial charge in [0.1, 0.15) is 0 Å². The fourth-order valence-electron chi connectivity index (χ4n) is 13.2. The van der Waals surface area contributed by atoms with Crippen LogP contribution in [0.3, 0.4) is 0 Å². The summed E-state index contributed by atoms with van der Waals surface area (Å²) in [6.45, 7) is 0. The van der Waals surface area contributed by atoms with E-state index in [4.69, 9.17) is 0 Å². The molecular formula is C72H45N5. The molecule has 5 aromatic heterocycles. The fourth-order valence-corrected chi connectivity index (χ4v) is 13.2. The van der Waals surface area contributed by atoms with Crippen molar-refractivity contribution in [1.29, 1.82) is 0 Å². The summed E-state index contributed by atoms with van der Waals surface area (Å²) in [4.78, 5) is 0. The first kappa shape index (κ1) is 42.0. The van der Waals surface area contributed by atoms with Crippen molar-refractivity contribution in [3.8, 4) is 39.6 Å². The standard InChI is InChI=1S/C72H45N5/c1-10-28-63-53(19-1)54-20-2-11-29-64(54)73(63)48-39-47(40-49(42-48)74-65-30-12-3-21-55(65)56-22-4-13-31-66(56)74)46-37-38-72-62(41-46)61-27-9-18-36-71(61)77(72)52-44-50(75-67-32-14-5-23-57(67)58-24-6-15-33-68(58)75)43-51(45-52)76-69-34-16-7-25-59(69)60-26-8-17-35-70(60)76/h1-45H. The summed E-state index contributed by atoms with van der Waals surface area (Å²) < 4.78 is 12.3. The first-order valence-electron chi connectivity index (χ1n) is 26.5. The van der Waals surface area contributed by atoms with Crippen LogP contribution in [0.4, 0.5) is 0 Å². The maximum absolute atomic E-state index is 2.49. The van der Waals surface area contributed by atoms with Crippen LogP contribution in [-0.4, -0.2) is 22.8 Å². The van der Waals surface area contributed by atoms with Gasteiger partial charge in [-0.1, -0.05) is 170 Å². The van der Waals surface area contributed by atoms with Gasteiger partial charge in [0.2, 0.25) is 0 Å². The van der Waals surface area contributed by atoms with Crippen LogP contribution < -0.4 is 0 Å². The third-order valence-electron chi connectivity index (χ3n) is 16.4. The molecule has 17 rings (SSSR count). The minimum absolute atomic E-state index is 1.09. The van der Waals surface area contributed by atoms with E-state index in [1.807, 2.05) is 0 Å². The van der Waals surface area contributed by atoms with E-state index in [0.29, 0.717) is 0 Å². The first-order valence-corrected chi connectivity index (χ1v) is 26.5. The second-order valence-electron chi connectivity index (χ2n) is 20.5. The zero-order valence-corrected chi connectivity index (χ0v) is 41.7. The molecule has 0 amide bonds. The summed E-state index contributed by atoms with van der Waals surface area (Å²) in [5, 5.41) is 12.3. The molecule has 5 nitrogen and oxygen atoms in total. The third-order valence-corrected chi connectivity index (χ3v) is 16.4. The number of benzene rings is 12. The second-order valence-corrected chi connectivity index (χ2v) is 20.5. The van der Waals surface area contributed by atoms with Crippen molar-refractivity contribution in [2.45, 2.75) is 0 Å². The van der Waals surface area contributed by atoms with E-state index in [1.54, 1.807) is 0 Å². The molecule has 0 fully saturated rings. The summed E-state index contributed by atoms with van der Waals surface area (Å²) in [6.07, 6.45) is 0. The van der Waals surface area contributed by atoms with E-state index in [9.17, 15) is 0 Å². The maximum atomic E-state index is 2.49. The Bertz CT molecular complexity index is 4830. The molecule has 0 aliphatic rings. The number of fused-ring (bicyclic) bond motifs is 15. The SMILES string of the molecule is c1ccc2c(c1)c1ccccc1n2-c1cc(-c2ccc3c(c2)c2ccccc2n3-c2cc(-n3c4ccccc4c4ccccc43)cc(-n3c4ccccc4c4ccccc43)c2)cc(-n2c3ccccc3c3ccccc32)c1. The molecule has 12 aromatic carbocycles. The van der Waals surface area contributed by atoms with Gasteiger partial charge in [-0.15, -0.1) is 0 Å². The van der Waals surface area contributed by atoms with Crippen molar-refractivity contribution >= 4 is 109 Å². The van der Waals surface area contributed by atoms with Crippen LogP contribution in [0.1, 0.15) is 0 Å². The van der Waals surface area contributed by atoms with Crippen LogP contribution in [0.25, 0.3) is 149 Å². The van der Waals surface area contributed by atoms with Gasteiger partial charge >= 0.3 is 0 Å². The Kier molecular flexibility index (Phi) is 8.77. The van der Waals surface area contributed by atoms with Crippen LogP contribution >= 0.6 is 0 Å². The predicted molar refractivity (Wildman–Crippen MR) is 324 cm³/mol. The average Bonchev–Trinajstić information content (AvgIpc) is 4.48. The van der Waals surface area contributed by atoms with E-state index >= 15 is 0 Å². The van der Waals surface area contributed by atoms with Gasteiger partial charge in [0.05, 0.1) is 72.2 Å². The van der Waals surface area contributed by atoms with Crippen molar-refractivity contribution in [2.75, 3.05) is 0 Å². The summed E-state index contributed by atoms with van der Waals surface area (Å²) in [5.41, 5.74) is 19.5. The van der Waals surface area contributed by atoms with Gasteiger partial charge in [-0.25, -0.2) is 0 Å². The van der Waals surface area contributed by atoms with Gasteiger partial charge in [-0.3, -0.25) is 0 Å². The minimum Gasteiger partial charge on any atom is -0.309 e. The summed E-state index contributed by atoms with van der Waals surface area (Å²) in [7, 11) is 0. The molecule has 0 aliphatic heterocycles. The zero-order chi connectivity index (χ0) is 50.3. The smallest absolute Gasteiger partial charge is 0.0541 e. The number of rotatable bonds is 6. The fraction of sp³-hybridized carbons (Fsp3) is 0. The number of hydrogen-bond donors (Lipinski definition) is 0. The number of nitrogens with zero attached hydrogens (tertiary/aromatic N) is 5. The Hall–Kier alpha value is -10.4. The molecule has 0 N–H and O–H groups in total. The van der Waals surface area contributed by atoms with Crippen LogP contribution in [-0.2, 0) is 0 Å². The van der Waals surface area contributed by atoms with Gasteiger partial charge in [0, 0.05) is 65.2 Å². The highest BCUT2D eigenvalue weighted by Crippen LogP contribution is 2.42. The molecule has 0 unspecified atom stereocenters. The lowest BCUT2D eigenvalue weighted by Crippen LogP contribution is -2.03. The van der Waals surface area contributed by atoms with Gasteiger partial charge in [0.25, 0.3) is 0 Å². The van der Waals surface area contributed by atoms with Crippen LogP contribution in [0.15, 0.2) is 273 Å². The van der Waals surface area contributed by atoms with Crippen molar-refractivity contribution in [3.05, 3.63) is 273 Å². The maximum Gasteiger partial charge on any atom is 0.0541 e. The van der Waals surface area contributed by atoms with Crippen LogP contribution in [0.2, 0.25) is 0 Å². The van der Waals surface area contributed by atoms with Crippen molar-refractivity contribution in [2.24, 2.45) is 0 Å². The molecule has 0 radical (unpaired) electrons. The zero-order valence-electron chi connectivity index (χ0n) is 41.7. The summed E-state index contributed by atoms with van der Waals surface area (Å²) in [5.74, 6) is 0. The Morgan fingerprint density at radius 1 is 0.143 bits per heavy atom. The minimum atomic E-state index is 1.09. The van der Waals surface area contributed by atoms with Crippen molar-refractivity contribution in [1.82, 2.24) is 22.8 Å². The molecule has 0 saturated heterocycles. The first-order chi connectivity index (χ1) is 38.2. The average molecular weight is 980 g/mol. The summed E-state index contributed by atoms with van der Waals surface area (Å²) >= 11 is 0. The summed E-state index contributed by atoms with van der Waals surface area (Å²) in [6, 6.07) is 101. The highest BCUT2D eigenvalue weighted by molar-refractivity contribution is 6.14. The Balaban J connectivity index is 0.934. The second kappa shape index (κ2) is 16.1. The molecule has 17 aromatic rings. The molecule has 0 bridgehead atoms. The highest BCUT2D eigenvalue weighted by atomic mass is 15.0. The van der Waals surface area contributed by atoms with E-state index in [0.717, 1.165) is 50.6 Å². The number of hydrogen-bond acceptors (Lipinski definition) is 0. The Labute approximate surface area is 442 Å². The van der Waals surface area contributed by atoms with Crippen LogP contribution in [0.5, 0.6) is 0 Å². The van der Waals surface area contributed by atoms with Gasteiger partial charge in [-0.05, 0) is 114 Å². The highest BCUT2D eigenvalue weighted by Gasteiger charge is 2.22. The van der Waals surface area contributed by atoms with Crippen LogP contribution in [0, 0.1) is 0 Å². The number of para-hydroxylation sites is 9. The normalized spacial score (nSPS) is 12.2. The Morgan fingerprint density at radius 2 is 0.338 bits per heavy atom. The monoisotopic (exact) mass is 979 g/mol. The molecule has 0 spiro atoms. The van der Waals surface area contributed by atoms with E-state index in [2.05, 4.69) is 296 Å². The molecule has 0 saturated carbocycles. The lowest BCUT2D eigenvalue weighted by molar-refractivity contribution is 1.10. The molecule has 0 aliphatic carbocycles. The molecule has 358 valence electrons. The largest absolute Gasteiger partial charge is 0.309 e. The van der Waals surface area contributed by atoms with Gasteiger partial charge < -0.3 is 22.8 Å². The molecule has 77 heavy (non-hydrogen) atoms. The quantitative estimate of drug-likeness (QED) is 0.159.